The Labute approximate surface area is 200 Å². The summed E-state index contributed by atoms with van der Waals surface area (Å²) in [5, 5.41) is 11.4. The van der Waals surface area contributed by atoms with Crippen LogP contribution in [-0.2, 0) is 16.0 Å². The Hall–Kier alpha value is -4.66. The number of imide groups is 1. The van der Waals surface area contributed by atoms with Crippen LogP contribution in [0, 0.1) is 17.0 Å². The van der Waals surface area contributed by atoms with Gasteiger partial charge >= 0.3 is 5.97 Å². The molecule has 1 heterocycles. The molecule has 9 nitrogen and oxygen atoms in total. The Balaban J connectivity index is 1.62. The normalized spacial score (nSPS) is 13.3. The number of nitro groups is 1. The van der Waals surface area contributed by atoms with Crippen molar-refractivity contribution in [2.75, 3.05) is 6.61 Å². The summed E-state index contributed by atoms with van der Waals surface area (Å²) in [6.45, 7) is 1.28. The van der Waals surface area contributed by atoms with E-state index in [1.165, 1.54) is 12.1 Å². The molecule has 4 rings (SSSR count). The molecule has 35 heavy (non-hydrogen) atoms. The van der Waals surface area contributed by atoms with Gasteiger partial charge in [-0.2, -0.15) is 0 Å². The number of fused-ring (bicyclic) bond motifs is 1. The van der Waals surface area contributed by atoms with Gasteiger partial charge in [0, 0.05) is 18.1 Å². The maximum absolute atomic E-state index is 13.2. The first-order valence-electron chi connectivity index (χ1n) is 10.7. The number of aryl methyl sites for hydroxylation is 1. The summed E-state index contributed by atoms with van der Waals surface area (Å²) < 4.78 is 5.24. The largest absolute Gasteiger partial charge is 0.456 e. The van der Waals surface area contributed by atoms with Gasteiger partial charge in [0.15, 0.2) is 12.4 Å². The van der Waals surface area contributed by atoms with Gasteiger partial charge in [-0.25, -0.2) is 4.79 Å². The highest BCUT2D eigenvalue weighted by Gasteiger charge is 2.47. The van der Waals surface area contributed by atoms with Crippen LogP contribution in [0.3, 0.4) is 0 Å². The van der Waals surface area contributed by atoms with Crippen LogP contribution in [-0.4, -0.2) is 46.0 Å². The number of rotatable bonds is 8. The summed E-state index contributed by atoms with van der Waals surface area (Å²) >= 11 is 0. The van der Waals surface area contributed by atoms with Crippen LogP contribution in [0.1, 0.15) is 42.2 Å². The molecule has 9 heteroatoms. The van der Waals surface area contributed by atoms with Crippen molar-refractivity contribution in [1.82, 2.24) is 4.90 Å². The summed E-state index contributed by atoms with van der Waals surface area (Å²) in [5.74, 6) is -3.21. The number of ketones is 1. The smallest absolute Gasteiger partial charge is 0.330 e. The average molecular weight is 472 g/mol. The molecule has 0 N–H and O–H groups in total. The van der Waals surface area contributed by atoms with E-state index in [1.807, 2.05) is 6.92 Å². The van der Waals surface area contributed by atoms with Crippen LogP contribution < -0.4 is 0 Å². The van der Waals surface area contributed by atoms with Crippen molar-refractivity contribution in [2.45, 2.75) is 19.4 Å². The molecule has 3 aromatic carbocycles. The van der Waals surface area contributed by atoms with Crippen LogP contribution in [0.25, 0.3) is 0 Å². The summed E-state index contributed by atoms with van der Waals surface area (Å²) in [5.41, 5.74) is 0.880. The zero-order valence-electron chi connectivity index (χ0n) is 18.7. The molecule has 1 aliphatic rings. The van der Waals surface area contributed by atoms with Gasteiger partial charge in [0.2, 0.25) is 0 Å². The van der Waals surface area contributed by atoms with E-state index in [-0.39, 0.29) is 17.5 Å². The highest BCUT2D eigenvalue weighted by molar-refractivity contribution is 6.24. The van der Waals surface area contributed by atoms with Gasteiger partial charge in [0.05, 0.1) is 10.5 Å². The molecule has 0 fully saturated rings. The van der Waals surface area contributed by atoms with Crippen molar-refractivity contribution in [2.24, 2.45) is 0 Å². The second kappa shape index (κ2) is 9.68. The van der Waals surface area contributed by atoms with E-state index in [9.17, 15) is 29.3 Å². The summed E-state index contributed by atoms with van der Waals surface area (Å²) in [6.07, 6.45) is -0.0857. The SMILES string of the molecule is Cc1ccc(C(=O)COC(=O)[C@H](Cc2ccccc2)N2C(=O)c3cccc([N+](=O)[O-])c3C2=O)cc1. The minimum absolute atomic E-state index is 0.0857. The number of amides is 2. The van der Waals surface area contributed by atoms with Gasteiger partial charge < -0.3 is 4.74 Å². The van der Waals surface area contributed by atoms with E-state index in [1.54, 1.807) is 54.6 Å². The van der Waals surface area contributed by atoms with Crippen molar-refractivity contribution >= 4 is 29.3 Å². The van der Waals surface area contributed by atoms with Crippen molar-refractivity contribution in [3.63, 3.8) is 0 Å². The minimum atomic E-state index is -1.42. The minimum Gasteiger partial charge on any atom is -0.456 e. The van der Waals surface area contributed by atoms with Crippen molar-refractivity contribution in [3.05, 3.63) is 111 Å². The van der Waals surface area contributed by atoms with Gasteiger partial charge in [-0.1, -0.05) is 66.2 Å². The number of Topliss-reactive ketones (excluding diaryl/α,β-unsaturated/α-hetero) is 1. The highest BCUT2D eigenvalue weighted by atomic mass is 16.6. The Morgan fingerprint density at radius 3 is 2.29 bits per heavy atom. The van der Waals surface area contributed by atoms with E-state index in [4.69, 9.17) is 4.74 Å². The molecular formula is C26H20N2O7. The van der Waals surface area contributed by atoms with E-state index < -0.39 is 46.8 Å². The van der Waals surface area contributed by atoms with E-state index >= 15 is 0 Å². The van der Waals surface area contributed by atoms with E-state index in [0.29, 0.717) is 16.0 Å². The maximum Gasteiger partial charge on any atom is 0.330 e. The first-order valence-corrected chi connectivity index (χ1v) is 10.7. The van der Waals surface area contributed by atoms with Gasteiger partial charge in [-0.15, -0.1) is 0 Å². The Bertz CT molecular complexity index is 1330. The fraction of sp³-hybridized carbons (Fsp3) is 0.154. The molecular weight excluding hydrogens is 452 g/mol. The standard InChI is InChI=1S/C26H20N2O7/c1-16-10-12-18(13-11-16)22(29)15-35-26(32)21(14-17-6-3-2-4-7-17)27-24(30)19-8-5-9-20(28(33)34)23(19)25(27)31/h2-13,21H,14-15H2,1H3/t21-/m0/s1. The number of hydrogen-bond acceptors (Lipinski definition) is 7. The van der Waals surface area contributed by atoms with Crippen molar-refractivity contribution < 1.29 is 28.8 Å². The lowest BCUT2D eigenvalue weighted by Gasteiger charge is -2.24. The van der Waals surface area contributed by atoms with Gasteiger partial charge in [-0.3, -0.25) is 29.4 Å². The maximum atomic E-state index is 13.2. The Morgan fingerprint density at radius 1 is 0.943 bits per heavy atom. The number of hydrogen-bond donors (Lipinski definition) is 0. The van der Waals surface area contributed by atoms with Crippen LogP contribution >= 0.6 is 0 Å². The Morgan fingerprint density at radius 2 is 1.63 bits per heavy atom. The number of carbonyl (C=O) groups is 4. The molecule has 0 aromatic heterocycles. The number of esters is 1. The lowest BCUT2D eigenvalue weighted by Crippen LogP contribution is -2.47. The molecule has 3 aromatic rings. The molecule has 0 aliphatic carbocycles. The number of nitrogens with zero attached hydrogens (tertiary/aromatic N) is 2. The van der Waals surface area contributed by atoms with Gasteiger partial charge in [0.25, 0.3) is 17.5 Å². The first-order chi connectivity index (χ1) is 16.8. The molecule has 2 amide bonds. The molecule has 0 unspecified atom stereocenters. The lowest BCUT2D eigenvalue weighted by atomic mass is 10.0. The third-order valence-electron chi connectivity index (χ3n) is 5.70. The van der Waals surface area contributed by atoms with Crippen molar-refractivity contribution in [3.8, 4) is 0 Å². The molecule has 0 saturated heterocycles. The average Bonchev–Trinajstić information content (AvgIpc) is 3.11. The fourth-order valence-electron chi connectivity index (χ4n) is 3.89. The molecule has 0 bridgehead atoms. The van der Waals surface area contributed by atoms with Gasteiger partial charge in [0.1, 0.15) is 11.6 Å². The Kier molecular flexibility index (Phi) is 6.50. The summed E-state index contributed by atoms with van der Waals surface area (Å²) in [6, 6.07) is 17.7. The molecule has 1 atom stereocenters. The van der Waals surface area contributed by atoms with E-state index in [2.05, 4.69) is 0 Å². The fourth-order valence-corrected chi connectivity index (χ4v) is 3.89. The quantitative estimate of drug-likeness (QED) is 0.161. The monoisotopic (exact) mass is 472 g/mol. The number of ether oxygens (including phenoxy) is 1. The molecule has 0 saturated carbocycles. The molecule has 0 radical (unpaired) electrons. The zero-order valence-corrected chi connectivity index (χ0v) is 18.7. The number of nitro benzene ring substituents is 1. The zero-order chi connectivity index (χ0) is 25.1. The molecule has 1 aliphatic heterocycles. The highest BCUT2D eigenvalue weighted by Crippen LogP contribution is 2.32. The van der Waals surface area contributed by atoms with Crippen LogP contribution in [0.5, 0.6) is 0 Å². The second-order valence-corrected chi connectivity index (χ2v) is 8.04. The third kappa shape index (κ3) is 4.70. The third-order valence-corrected chi connectivity index (χ3v) is 5.70. The number of benzene rings is 3. The predicted molar refractivity (Wildman–Crippen MR) is 124 cm³/mol. The summed E-state index contributed by atoms with van der Waals surface area (Å²) in [7, 11) is 0. The predicted octanol–water partition coefficient (Wildman–Crippen LogP) is 3.54. The summed E-state index contributed by atoms with van der Waals surface area (Å²) in [4.78, 5) is 63.3. The van der Waals surface area contributed by atoms with E-state index in [0.717, 1.165) is 11.6 Å². The van der Waals surface area contributed by atoms with Crippen LogP contribution in [0.4, 0.5) is 5.69 Å². The lowest BCUT2D eigenvalue weighted by molar-refractivity contribution is -0.385. The first kappa shape index (κ1) is 23.5. The molecule has 176 valence electrons. The van der Waals surface area contributed by atoms with Crippen LogP contribution in [0.2, 0.25) is 0 Å². The molecule has 0 spiro atoms. The van der Waals surface area contributed by atoms with Gasteiger partial charge in [-0.05, 0) is 18.6 Å². The van der Waals surface area contributed by atoms with Crippen molar-refractivity contribution in [1.29, 1.82) is 0 Å². The second-order valence-electron chi connectivity index (χ2n) is 8.04. The topological polar surface area (TPSA) is 124 Å². The number of carbonyl (C=O) groups excluding carboxylic acids is 4. The van der Waals surface area contributed by atoms with Crippen LogP contribution in [0.15, 0.2) is 72.8 Å².